The first kappa shape index (κ1) is 19.8. The van der Waals surface area contributed by atoms with E-state index in [0.29, 0.717) is 37.6 Å². The first-order valence-corrected chi connectivity index (χ1v) is 8.90. The summed E-state index contributed by atoms with van der Waals surface area (Å²) in [7, 11) is 2.87. The fourth-order valence-corrected chi connectivity index (χ4v) is 3.66. The summed E-state index contributed by atoms with van der Waals surface area (Å²) < 4.78 is 29.5. The first-order chi connectivity index (χ1) is 13.3. The third-order valence-corrected chi connectivity index (χ3v) is 5.32. The molecule has 1 aromatic heterocycles. The summed E-state index contributed by atoms with van der Waals surface area (Å²) in [5.74, 6) is -0.902. The quantitative estimate of drug-likeness (QED) is 0.787. The number of nitriles is 1. The van der Waals surface area contributed by atoms with E-state index in [-0.39, 0.29) is 11.6 Å². The van der Waals surface area contributed by atoms with Gasteiger partial charge in [0.1, 0.15) is 23.5 Å². The average molecular weight is 389 g/mol. The number of piperazine rings is 1. The minimum absolute atomic E-state index is 0.0734. The molecule has 28 heavy (non-hydrogen) atoms. The van der Waals surface area contributed by atoms with Gasteiger partial charge in [0.15, 0.2) is 5.56 Å². The highest BCUT2D eigenvalue weighted by atomic mass is 19.1. The zero-order valence-corrected chi connectivity index (χ0v) is 15.9. The predicted molar refractivity (Wildman–Crippen MR) is 100 cm³/mol. The van der Waals surface area contributed by atoms with Gasteiger partial charge < -0.3 is 4.90 Å². The van der Waals surface area contributed by atoms with Crippen LogP contribution in [-0.4, -0.2) is 40.2 Å². The number of benzene rings is 1. The Hall–Kier alpha value is -2.99. The van der Waals surface area contributed by atoms with Crippen molar-refractivity contribution >= 4 is 5.82 Å². The first-order valence-electron chi connectivity index (χ1n) is 8.90. The molecule has 1 unspecified atom stereocenters. The van der Waals surface area contributed by atoms with Gasteiger partial charge in [-0.15, -0.1) is 0 Å². The molecule has 1 fully saturated rings. The van der Waals surface area contributed by atoms with Gasteiger partial charge in [-0.3, -0.25) is 18.8 Å². The van der Waals surface area contributed by atoms with Gasteiger partial charge in [0.25, 0.3) is 5.56 Å². The number of nitrogens with zero attached hydrogens (tertiary/aromatic N) is 5. The molecular weight excluding hydrogens is 368 g/mol. The zero-order chi connectivity index (χ0) is 20.6. The summed E-state index contributed by atoms with van der Waals surface area (Å²) in [6, 6.07) is 5.20. The lowest BCUT2D eigenvalue weighted by Crippen LogP contribution is -2.50. The van der Waals surface area contributed by atoms with Crippen LogP contribution in [-0.2, 0) is 14.1 Å². The highest BCUT2D eigenvalue weighted by molar-refractivity contribution is 5.53. The standard InChI is InChI=1S/C19H21F2N5O2/c1-12(14-5-4-13(20)10-16(14)21)25-6-8-26(9-7-25)17-15(11-22)18(27)24(3)19(28)23(17)2/h4-5,10,12H,6-9H2,1-3H3. The van der Waals surface area contributed by atoms with Crippen molar-refractivity contribution in [2.24, 2.45) is 14.1 Å². The van der Waals surface area contributed by atoms with Crippen LogP contribution in [0.15, 0.2) is 27.8 Å². The van der Waals surface area contributed by atoms with Gasteiger partial charge in [-0.25, -0.2) is 13.6 Å². The highest BCUT2D eigenvalue weighted by Gasteiger charge is 2.27. The fourth-order valence-electron chi connectivity index (χ4n) is 3.66. The molecule has 148 valence electrons. The number of hydrogen-bond acceptors (Lipinski definition) is 5. The summed E-state index contributed by atoms with van der Waals surface area (Å²) in [4.78, 5) is 28.4. The maximum absolute atomic E-state index is 14.1. The number of hydrogen-bond donors (Lipinski definition) is 0. The van der Waals surface area contributed by atoms with Crippen LogP contribution in [0.4, 0.5) is 14.6 Å². The normalized spacial score (nSPS) is 16.1. The lowest BCUT2D eigenvalue weighted by molar-refractivity contribution is 0.194. The molecule has 3 rings (SSSR count). The number of halogens is 2. The summed E-state index contributed by atoms with van der Waals surface area (Å²) in [6.45, 7) is 3.84. The molecule has 1 aromatic carbocycles. The van der Waals surface area contributed by atoms with Crippen molar-refractivity contribution in [3.05, 3.63) is 61.8 Å². The second-order valence-electron chi connectivity index (χ2n) is 6.88. The van der Waals surface area contributed by atoms with Crippen LogP contribution in [0.3, 0.4) is 0 Å². The molecule has 2 heterocycles. The van der Waals surface area contributed by atoms with Crippen LogP contribution in [0.5, 0.6) is 0 Å². The van der Waals surface area contributed by atoms with Crippen LogP contribution in [0, 0.1) is 23.0 Å². The molecule has 1 saturated heterocycles. The molecule has 1 aliphatic heterocycles. The largest absolute Gasteiger partial charge is 0.354 e. The Labute approximate surface area is 160 Å². The van der Waals surface area contributed by atoms with Crippen LogP contribution < -0.4 is 16.1 Å². The fraction of sp³-hybridized carbons (Fsp3) is 0.421. The van der Waals surface area contributed by atoms with Crippen molar-refractivity contribution in [2.45, 2.75) is 13.0 Å². The summed E-state index contributed by atoms with van der Waals surface area (Å²) in [5.41, 5.74) is -0.780. The van der Waals surface area contributed by atoms with E-state index >= 15 is 0 Å². The van der Waals surface area contributed by atoms with Gasteiger partial charge in [-0.1, -0.05) is 6.07 Å². The molecule has 0 saturated carbocycles. The minimum atomic E-state index is -0.621. The molecule has 0 N–H and O–H groups in total. The lowest BCUT2D eigenvalue weighted by Gasteiger charge is -2.39. The van der Waals surface area contributed by atoms with Crippen molar-refractivity contribution in [3.8, 4) is 6.07 Å². The SMILES string of the molecule is CC(c1ccc(F)cc1F)N1CCN(c2c(C#N)c(=O)n(C)c(=O)n2C)CC1. The summed E-state index contributed by atoms with van der Waals surface area (Å²) in [5, 5.41) is 9.42. The van der Waals surface area contributed by atoms with E-state index in [2.05, 4.69) is 0 Å². The average Bonchev–Trinajstić information content (AvgIpc) is 2.68. The van der Waals surface area contributed by atoms with Crippen molar-refractivity contribution < 1.29 is 8.78 Å². The van der Waals surface area contributed by atoms with Crippen molar-refractivity contribution in [3.63, 3.8) is 0 Å². The number of anilines is 1. The predicted octanol–water partition coefficient (Wildman–Crippen LogP) is 1.12. The molecule has 0 amide bonds. The Morgan fingerprint density at radius 1 is 1.07 bits per heavy atom. The minimum Gasteiger partial charge on any atom is -0.354 e. The topological polar surface area (TPSA) is 74.3 Å². The Balaban J connectivity index is 1.84. The van der Waals surface area contributed by atoms with E-state index in [1.54, 1.807) is 0 Å². The molecule has 0 radical (unpaired) electrons. The third kappa shape index (κ3) is 3.31. The highest BCUT2D eigenvalue weighted by Crippen LogP contribution is 2.26. The second kappa shape index (κ2) is 7.56. The Morgan fingerprint density at radius 3 is 2.29 bits per heavy atom. The maximum Gasteiger partial charge on any atom is 0.332 e. The van der Waals surface area contributed by atoms with E-state index in [9.17, 15) is 23.6 Å². The zero-order valence-electron chi connectivity index (χ0n) is 15.9. The van der Waals surface area contributed by atoms with Crippen molar-refractivity contribution in [1.29, 1.82) is 5.26 Å². The van der Waals surface area contributed by atoms with Gasteiger partial charge in [-0.2, -0.15) is 5.26 Å². The van der Waals surface area contributed by atoms with Crippen LogP contribution in [0.2, 0.25) is 0 Å². The Kier molecular flexibility index (Phi) is 5.34. The Bertz CT molecular complexity index is 1060. The Morgan fingerprint density at radius 2 is 1.71 bits per heavy atom. The van der Waals surface area contributed by atoms with Gasteiger partial charge >= 0.3 is 5.69 Å². The molecule has 0 spiro atoms. The van der Waals surface area contributed by atoms with Gasteiger partial charge in [0.2, 0.25) is 0 Å². The van der Waals surface area contributed by atoms with E-state index in [1.807, 2.05) is 22.8 Å². The maximum atomic E-state index is 14.1. The van der Waals surface area contributed by atoms with Crippen LogP contribution in [0.25, 0.3) is 0 Å². The number of aromatic nitrogens is 2. The van der Waals surface area contributed by atoms with Crippen LogP contribution >= 0.6 is 0 Å². The molecule has 0 bridgehead atoms. The summed E-state index contributed by atoms with van der Waals surface area (Å²) >= 11 is 0. The molecule has 1 aliphatic rings. The molecule has 2 aromatic rings. The van der Waals surface area contributed by atoms with Crippen molar-refractivity contribution in [2.75, 3.05) is 31.1 Å². The molecule has 1 atom stereocenters. The third-order valence-electron chi connectivity index (χ3n) is 5.32. The molecule has 7 nitrogen and oxygen atoms in total. The van der Waals surface area contributed by atoms with Gasteiger partial charge in [-0.05, 0) is 13.0 Å². The molecule has 9 heteroatoms. The van der Waals surface area contributed by atoms with Crippen molar-refractivity contribution in [1.82, 2.24) is 14.0 Å². The second-order valence-corrected chi connectivity index (χ2v) is 6.88. The number of rotatable bonds is 3. The van der Waals surface area contributed by atoms with E-state index in [0.717, 1.165) is 10.6 Å². The smallest absolute Gasteiger partial charge is 0.332 e. The van der Waals surface area contributed by atoms with Crippen LogP contribution in [0.1, 0.15) is 24.1 Å². The molecular formula is C19H21F2N5O2. The van der Waals surface area contributed by atoms with E-state index < -0.39 is 22.9 Å². The monoisotopic (exact) mass is 389 g/mol. The lowest BCUT2D eigenvalue weighted by atomic mass is 10.1. The summed E-state index contributed by atoms with van der Waals surface area (Å²) in [6.07, 6.45) is 0. The molecule has 0 aliphatic carbocycles. The van der Waals surface area contributed by atoms with Gasteiger partial charge in [0.05, 0.1) is 0 Å². The van der Waals surface area contributed by atoms with E-state index in [4.69, 9.17) is 0 Å². The van der Waals surface area contributed by atoms with Gasteiger partial charge in [0, 0.05) is 57.9 Å². The van der Waals surface area contributed by atoms with E-state index in [1.165, 1.54) is 30.8 Å².